The van der Waals surface area contributed by atoms with Crippen LogP contribution in [0.2, 0.25) is 0 Å². The molecule has 0 aromatic rings. The highest BCUT2D eigenvalue weighted by molar-refractivity contribution is 9.09. The molecule has 0 amide bonds. The molecular weight excluding hydrogens is 332 g/mol. The van der Waals surface area contributed by atoms with Gasteiger partial charge in [-0.3, -0.25) is 0 Å². The summed E-state index contributed by atoms with van der Waals surface area (Å²) in [5, 5.41) is 0.973. The van der Waals surface area contributed by atoms with E-state index in [9.17, 15) is 0 Å². The number of halogens is 2. The summed E-state index contributed by atoms with van der Waals surface area (Å²) in [4.78, 5) is 0.704. The molecule has 0 fully saturated rings. The van der Waals surface area contributed by atoms with Crippen molar-refractivity contribution in [2.45, 2.75) is 49.8 Å². The van der Waals surface area contributed by atoms with Crippen LogP contribution in [0.4, 0.5) is 0 Å². The lowest BCUT2D eigenvalue weighted by Gasteiger charge is -2.26. The van der Waals surface area contributed by atoms with Crippen LogP contribution in [0.1, 0.15) is 44.9 Å². The first kappa shape index (κ1) is 14.4. The molecule has 1 atom stereocenters. The molecule has 3 rings (SSSR count). The van der Waals surface area contributed by atoms with Gasteiger partial charge < -0.3 is 0 Å². The van der Waals surface area contributed by atoms with Crippen molar-refractivity contribution in [3.63, 3.8) is 0 Å². The first-order chi connectivity index (χ1) is 9.70. The van der Waals surface area contributed by atoms with Gasteiger partial charge in [-0.25, -0.2) is 0 Å². The molecule has 0 aromatic heterocycles. The predicted molar refractivity (Wildman–Crippen MR) is 91.3 cm³/mol. The van der Waals surface area contributed by atoms with Crippen molar-refractivity contribution in [1.82, 2.24) is 0 Å². The van der Waals surface area contributed by atoms with Crippen LogP contribution in [0.25, 0.3) is 0 Å². The Morgan fingerprint density at radius 3 is 2.60 bits per heavy atom. The molecule has 0 N–H and O–H groups in total. The Morgan fingerprint density at radius 1 is 1.00 bits per heavy atom. The van der Waals surface area contributed by atoms with Crippen LogP contribution in [0.3, 0.4) is 0 Å². The van der Waals surface area contributed by atoms with Gasteiger partial charge >= 0.3 is 0 Å². The molecule has 0 nitrogen and oxygen atoms in total. The van der Waals surface area contributed by atoms with Gasteiger partial charge in [0, 0.05) is 9.86 Å². The van der Waals surface area contributed by atoms with Crippen molar-refractivity contribution in [2.75, 3.05) is 0 Å². The average molecular weight is 352 g/mol. The molecule has 0 aromatic carbocycles. The minimum Gasteiger partial charge on any atom is -0.0891 e. The number of alkyl halides is 1. The molecule has 3 aliphatic carbocycles. The maximum atomic E-state index is 5.99. The lowest BCUT2D eigenvalue weighted by atomic mass is 9.83. The minimum atomic E-state index is 0.704. The molecule has 0 spiro atoms. The van der Waals surface area contributed by atoms with E-state index in [0.29, 0.717) is 4.83 Å². The third-order valence-corrected chi connectivity index (χ3v) is 5.46. The van der Waals surface area contributed by atoms with Gasteiger partial charge in [-0.05, 0) is 67.7 Å². The summed E-state index contributed by atoms with van der Waals surface area (Å²) < 4.78 is 0. The van der Waals surface area contributed by atoms with Gasteiger partial charge in [-0.2, -0.15) is 0 Å². The van der Waals surface area contributed by atoms with E-state index in [1.54, 1.807) is 11.1 Å². The number of allylic oxidation sites excluding steroid dienone is 10. The van der Waals surface area contributed by atoms with Gasteiger partial charge in [-0.1, -0.05) is 57.4 Å². The smallest absolute Gasteiger partial charge is 0.0186 e. The quantitative estimate of drug-likeness (QED) is 0.508. The fourth-order valence-electron chi connectivity index (χ4n) is 3.13. The lowest BCUT2D eigenvalue weighted by molar-refractivity contribution is 0.668. The monoisotopic (exact) mass is 350 g/mol. The Balaban J connectivity index is 1.70. The summed E-state index contributed by atoms with van der Waals surface area (Å²) in [5.41, 5.74) is 6.16. The summed E-state index contributed by atoms with van der Waals surface area (Å²) in [6.45, 7) is 0. The standard InChI is InChI=1S/C18H20BrCl/c19-17-8-7-15-11-14(3-6-16(15)12-17)2-1-13-4-9-18(20)10-5-13/h1-2,4,9,11,17H,3,5-8,10,12H2/b2-1+. The fourth-order valence-corrected chi connectivity index (χ4v) is 3.91. The first-order valence-corrected chi connectivity index (χ1v) is 8.79. The van der Waals surface area contributed by atoms with Crippen LogP contribution in [-0.4, -0.2) is 4.83 Å². The molecular formula is C18H20BrCl. The van der Waals surface area contributed by atoms with Crippen molar-refractivity contribution >= 4 is 27.5 Å². The van der Waals surface area contributed by atoms with Crippen molar-refractivity contribution in [2.24, 2.45) is 0 Å². The zero-order valence-corrected chi connectivity index (χ0v) is 14.0. The molecule has 20 heavy (non-hydrogen) atoms. The van der Waals surface area contributed by atoms with Gasteiger partial charge in [0.05, 0.1) is 0 Å². The van der Waals surface area contributed by atoms with E-state index in [2.05, 4.69) is 40.2 Å². The SMILES string of the molecule is ClC1=CC=C(/C=C/C2=CC3=C(CC2)CC(Br)CC3)CC1. The number of hydrogen-bond acceptors (Lipinski definition) is 0. The van der Waals surface area contributed by atoms with Gasteiger partial charge in [0.25, 0.3) is 0 Å². The normalized spacial score (nSPS) is 27.1. The second-order valence-electron chi connectivity index (χ2n) is 5.88. The Morgan fingerprint density at radius 2 is 1.80 bits per heavy atom. The van der Waals surface area contributed by atoms with E-state index in [0.717, 1.165) is 17.9 Å². The van der Waals surface area contributed by atoms with E-state index in [4.69, 9.17) is 11.6 Å². The van der Waals surface area contributed by atoms with Crippen molar-refractivity contribution in [3.8, 4) is 0 Å². The summed E-state index contributed by atoms with van der Waals surface area (Å²) in [6.07, 6.45) is 19.4. The third-order valence-electron chi connectivity index (χ3n) is 4.37. The topological polar surface area (TPSA) is 0 Å². The maximum absolute atomic E-state index is 5.99. The zero-order chi connectivity index (χ0) is 13.9. The number of rotatable bonds is 2. The number of hydrogen-bond donors (Lipinski definition) is 0. The highest BCUT2D eigenvalue weighted by Crippen LogP contribution is 2.37. The maximum Gasteiger partial charge on any atom is 0.0186 e. The summed E-state index contributed by atoms with van der Waals surface area (Å²) in [5.74, 6) is 0. The average Bonchev–Trinajstić information content (AvgIpc) is 2.46. The molecule has 106 valence electrons. The van der Waals surface area contributed by atoms with E-state index in [1.807, 2.05) is 6.08 Å². The highest BCUT2D eigenvalue weighted by Gasteiger charge is 2.20. The van der Waals surface area contributed by atoms with E-state index in [1.165, 1.54) is 43.3 Å². The van der Waals surface area contributed by atoms with Crippen LogP contribution in [0.15, 0.2) is 57.7 Å². The summed E-state index contributed by atoms with van der Waals surface area (Å²) in [7, 11) is 0. The third kappa shape index (κ3) is 3.56. The van der Waals surface area contributed by atoms with Crippen LogP contribution in [0.5, 0.6) is 0 Å². The Hall–Kier alpha value is -0.530. The van der Waals surface area contributed by atoms with Crippen LogP contribution in [-0.2, 0) is 0 Å². The molecule has 0 saturated carbocycles. The summed E-state index contributed by atoms with van der Waals surface area (Å²) >= 11 is 9.75. The molecule has 1 unspecified atom stereocenters. The first-order valence-electron chi connectivity index (χ1n) is 7.49. The van der Waals surface area contributed by atoms with Gasteiger partial charge in [0.15, 0.2) is 0 Å². The largest absolute Gasteiger partial charge is 0.0891 e. The fraction of sp³-hybridized carbons (Fsp3) is 0.444. The highest BCUT2D eigenvalue weighted by atomic mass is 79.9. The lowest BCUT2D eigenvalue weighted by Crippen LogP contribution is -2.11. The summed E-state index contributed by atoms with van der Waals surface area (Å²) in [6, 6.07) is 0. The van der Waals surface area contributed by atoms with Crippen molar-refractivity contribution < 1.29 is 0 Å². The van der Waals surface area contributed by atoms with Crippen molar-refractivity contribution in [1.29, 1.82) is 0 Å². The zero-order valence-electron chi connectivity index (χ0n) is 11.7. The molecule has 3 aliphatic rings. The van der Waals surface area contributed by atoms with E-state index < -0.39 is 0 Å². The minimum absolute atomic E-state index is 0.704. The van der Waals surface area contributed by atoms with Gasteiger partial charge in [0.2, 0.25) is 0 Å². The van der Waals surface area contributed by atoms with Crippen LogP contribution >= 0.6 is 27.5 Å². The second-order valence-corrected chi connectivity index (χ2v) is 7.66. The van der Waals surface area contributed by atoms with Gasteiger partial charge in [0.1, 0.15) is 0 Å². The van der Waals surface area contributed by atoms with Crippen LogP contribution < -0.4 is 0 Å². The second kappa shape index (κ2) is 6.49. The van der Waals surface area contributed by atoms with E-state index >= 15 is 0 Å². The predicted octanol–water partition coefficient (Wildman–Crippen LogP) is 6.35. The van der Waals surface area contributed by atoms with Crippen molar-refractivity contribution in [3.05, 3.63) is 57.7 Å². The molecule has 2 heteroatoms. The van der Waals surface area contributed by atoms with E-state index in [-0.39, 0.29) is 0 Å². The Kier molecular flexibility index (Phi) is 4.68. The Labute approximate surface area is 135 Å². The Bertz CT molecular complexity index is 546. The molecule has 0 radical (unpaired) electrons. The molecule has 0 aliphatic heterocycles. The molecule has 0 heterocycles. The molecule has 0 saturated heterocycles. The van der Waals surface area contributed by atoms with Gasteiger partial charge in [-0.15, -0.1) is 0 Å². The van der Waals surface area contributed by atoms with Crippen LogP contribution in [0, 0.1) is 0 Å². The molecule has 0 bridgehead atoms.